The number of carbonyl (C=O) groups excluding carboxylic acids is 3. The van der Waals surface area contributed by atoms with Crippen molar-refractivity contribution < 1.29 is 14.4 Å². The van der Waals surface area contributed by atoms with Crippen LogP contribution in [0.5, 0.6) is 0 Å². The maximum atomic E-state index is 12.7. The summed E-state index contributed by atoms with van der Waals surface area (Å²) in [4.78, 5) is 38.3. The molecule has 6 nitrogen and oxygen atoms in total. The smallest absolute Gasteiger partial charge is 0.325 e. The molecule has 2 rings (SSSR count). The lowest BCUT2D eigenvalue weighted by Crippen LogP contribution is -2.47. The van der Waals surface area contributed by atoms with Crippen LogP contribution in [0.1, 0.15) is 85.0 Å². The fraction of sp³-hybridized carbons (Fsp3) is 0.850. The van der Waals surface area contributed by atoms with Gasteiger partial charge in [0.15, 0.2) is 0 Å². The van der Waals surface area contributed by atoms with E-state index in [1.54, 1.807) is 6.92 Å². The van der Waals surface area contributed by atoms with E-state index in [4.69, 9.17) is 0 Å². The fourth-order valence-corrected chi connectivity index (χ4v) is 3.96. The molecule has 1 aliphatic heterocycles. The highest BCUT2D eigenvalue weighted by Gasteiger charge is 2.47. The molecule has 0 aromatic heterocycles. The van der Waals surface area contributed by atoms with Gasteiger partial charge in [0.2, 0.25) is 5.91 Å². The number of hydrogen-bond acceptors (Lipinski definition) is 3. The van der Waals surface area contributed by atoms with Crippen LogP contribution < -0.4 is 10.6 Å². The molecule has 1 heterocycles. The van der Waals surface area contributed by atoms with Gasteiger partial charge in [-0.1, -0.05) is 46.0 Å². The van der Waals surface area contributed by atoms with E-state index in [2.05, 4.69) is 24.5 Å². The maximum Gasteiger partial charge on any atom is 0.325 e. The van der Waals surface area contributed by atoms with Gasteiger partial charge in [0.1, 0.15) is 12.1 Å². The number of unbranched alkanes of at least 4 members (excludes halogenated alkanes) is 4. The van der Waals surface area contributed by atoms with Gasteiger partial charge in [-0.15, -0.1) is 0 Å². The van der Waals surface area contributed by atoms with Gasteiger partial charge >= 0.3 is 6.03 Å². The van der Waals surface area contributed by atoms with E-state index in [1.807, 2.05) is 0 Å². The molecule has 0 spiro atoms. The second kappa shape index (κ2) is 9.38. The fourth-order valence-electron chi connectivity index (χ4n) is 3.96. The predicted molar refractivity (Wildman–Crippen MR) is 102 cm³/mol. The molecule has 148 valence electrons. The van der Waals surface area contributed by atoms with Crippen molar-refractivity contribution in [2.75, 3.05) is 6.54 Å². The number of nitrogens with zero attached hydrogens (tertiary/aromatic N) is 1. The zero-order valence-corrected chi connectivity index (χ0v) is 16.6. The van der Waals surface area contributed by atoms with Crippen LogP contribution >= 0.6 is 0 Å². The molecular formula is C20H35N3O3. The van der Waals surface area contributed by atoms with Crippen molar-refractivity contribution in [1.82, 2.24) is 15.5 Å². The summed E-state index contributed by atoms with van der Waals surface area (Å²) < 4.78 is 0. The van der Waals surface area contributed by atoms with E-state index in [-0.39, 0.29) is 24.4 Å². The topological polar surface area (TPSA) is 78.5 Å². The third kappa shape index (κ3) is 5.45. The van der Waals surface area contributed by atoms with Crippen molar-refractivity contribution in [2.45, 2.75) is 96.6 Å². The highest BCUT2D eigenvalue weighted by Crippen LogP contribution is 2.25. The van der Waals surface area contributed by atoms with Gasteiger partial charge in [0, 0.05) is 6.04 Å². The van der Waals surface area contributed by atoms with E-state index in [9.17, 15) is 14.4 Å². The van der Waals surface area contributed by atoms with Gasteiger partial charge in [-0.25, -0.2) is 4.79 Å². The van der Waals surface area contributed by atoms with Crippen LogP contribution in [0.25, 0.3) is 0 Å². The lowest BCUT2D eigenvalue weighted by atomic mass is 9.87. The molecule has 4 amide bonds. The number of nitrogens with one attached hydrogen (secondary N) is 2. The SMILES string of the molecule is CCCCCCCC1(C)NC(=O)N(CC(=O)NC2CCC(C)CC2)C1=O. The summed E-state index contributed by atoms with van der Waals surface area (Å²) >= 11 is 0. The van der Waals surface area contributed by atoms with Crippen LogP contribution in [0.2, 0.25) is 0 Å². The normalized spacial score (nSPS) is 29.0. The Balaban J connectivity index is 1.80. The third-order valence-electron chi connectivity index (χ3n) is 5.81. The standard InChI is InChI=1S/C20H35N3O3/c1-4-5-6-7-8-13-20(3)18(25)23(19(26)22-20)14-17(24)21-16-11-9-15(2)10-12-16/h15-16H,4-14H2,1-3H3,(H,21,24)(H,22,26). The summed E-state index contributed by atoms with van der Waals surface area (Å²) in [6.45, 7) is 5.99. The molecule has 1 atom stereocenters. The van der Waals surface area contributed by atoms with Crippen molar-refractivity contribution in [3.63, 3.8) is 0 Å². The molecule has 0 aromatic rings. The highest BCUT2D eigenvalue weighted by molar-refractivity contribution is 6.08. The second-order valence-corrected chi connectivity index (χ2v) is 8.34. The Morgan fingerprint density at radius 1 is 1.15 bits per heavy atom. The van der Waals surface area contributed by atoms with Crippen molar-refractivity contribution >= 4 is 17.8 Å². The highest BCUT2D eigenvalue weighted by atomic mass is 16.2. The Morgan fingerprint density at radius 2 is 1.81 bits per heavy atom. The Kier molecular flexibility index (Phi) is 7.47. The molecule has 2 aliphatic rings. The van der Waals surface area contributed by atoms with Gasteiger partial charge in [-0.3, -0.25) is 14.5 Å². The number of rotatable bonds is 9. The van der Waals surface area contributed by atoms with Crippen molar-refractivity contribution in [1.29, 1.82) is 0 Å². The van der Waals surface area contributed by atoms with Gasteiger partial charge in [0.25, 0.3) is 5.91 Å². The van der Waals surface area contributed by atoms with Crippen molar-refractivity contribution in [2.24, 2.45) is 5.92 Å². The van der Waals surface area contributed by atoms with E-state index in [1.165, 1.54) is 12.8 Å². The molecule has 0 radical (unpaired) electrons. The Labute approximate surface area is 157 Å². The summed E-state index contributed by atoms with van der Waals surface area (Å²) in [6.07, 6.45) is 10.3. The van der Waals surface area contributed by atoms with Crippen LogP contribution in [0, 0.1) is 5.92 Å². The number of carbonyl (C=O) groups is 3. The minimum atomic E-state index is -0.871. The molecule has 1 aliphatic carbocycles. The predicted octanol–water partition coefficient (Wildman–Crippen LogP) is 3.35. The lowest BCUT2D eigenvalue weighted by molar-refractivity contribution is -0.135. The van der Waals surface area contributed by atoms with E-state index < -0.39 is 11.6 Å². The van der Waals surface area contributed by atoms with Crippen LogP contribution in [-0.2, 0) is 9.59 Å². The number of urea groups is 1. The number of hydrogen-bond donors (Lipinski definition) is 2. The van der Waals surface area contributed by atoms with Crippen molar-refractivity contribution in [3.8, 4) is 0 Å². The number of amides is 4. The lowest BCUT2D eigenvalue weighted by Gasteiger charge is -2.27. The summed E-state index contributed by atoms with van der Waals surface area (Å²) in [6, 6.07) is -0.275. The summed E-state index contributed by atoms with van der Waals surface area (Å²) in [5.74, 6) is 0.206. The zero-order chi connectivity index (χ0) is 19.2. The first-order valence-electron chi connectivity index (χ1n) is 10.3. The first kappa shape index (κ1) is 20.7. The first-order chi connectivity index (χ1) is 12.4. The largest absolute Gasteiger partial charge is 0.352 e. The molecular weight excluding hydrogens is 330 g/mol. The molecule has 6 heteroatoms. The third-order valence-corrected chi connectivity index (χ3v) is 5.81. The van der Waals surface area contributed by atoms with Crippen molar-refractivity contribution in [3.05, 3.63) is 0 Å². The zero-order valence-electron chi connectivity index (χ0n) is 16.6. The maximum absolute atomic E-state index is 12.7. The van der Waals surface area contributed by atoms with Crippen LogP contribution in [0.4, 0.5) is 4.79 Å². The van der Waals surface area contributed by atoms with Gasteiger partial charge in [-0.2, -0.15) is 0 Å². The molecule has 0 aromatic carbocycles. The van der Waals surface area contributed by atoms with E-state index in [0.717, 1.165) is 49.8 Å². The van der Waals surface area contributed by atoms with Crippen LogP contribution in [0.3, 0.4) is 0 Å². The molecule has 26 heavy (non-hydrogen) atoms. The molecule has 0 bridgehead atoms. The summed E-state index contributed by atoms with van der Waals surface area (Å²) in [5.41, 5.74) is -0.871. The average Bonchev–Trinajstić information content (AvgIpc) is 2.80. The molecule has 2 fully saturated rings. The van der Waals surface area contributed by atoms with Crippen LogP contribution in [0.15, 0.2) is 0 Å². The Hall–Kier alpha value is -1.59. The molecule has 1 unspecified atom stereocenters. The minimum Gasteiger partial charge on any atom is -0.352 e. The van der Waals surface area contributed by atoms with Crippen LogP contribution in [-0.4, -0.2) is 40.9 Å². The summed E-state index contributed by atoms with van der Waals surface area (Å²) in [5, 5.41) is 5.78. The monoisotopic (exact) mass is 365 g/mol. The van der Waals surface area contributed by atoms with Gasteiger partial charge in [-0.05, 0) is 44.9 Å². The molecule has 1 saturated heterocycles. The van der Waals surface area contributed by atoms with Gasteiger partial charge in [0.05, 0.1) is 0 Å². The van der Waals surface area contributed by atoms with E-state index >= 15 is 0 Å². The quantitative estimate of drug-likeness (QED) is 0.486. The van der Waals surface area contributed by atoms with Gasteiger partial charge < -0.3 is 10.6 Å². The van der Waals surface area contributed by atoms with E-state index in [0.29, 0.717) is 12.3 Å². The molecule has 2 N–H and O–H groups in total. The summed E-state index contributed by atoms with van der Waals surface area (Å²) in [7, 11) is 0. The number of imide groups is 1. The minimum absolute atomic E-state index is 0.171. The molecule has 1 saturated carbocycles. The first-order valence-corrected chi connectivity index (χ1v) is 10.3. The average molecular weight is 366 g/mol. The Morgan fingerprint density at radius 3 is 2.46 bits per heavy atom. The second-order valence-electron chi connectivity index (χ2n) is 8.34. The Bertz CT molecular complexity index is 514.